The van der Waals surface area contributed by atoms with Crippen molar-refractivity contribution in [3.63, 3.8) is 0 Å². The zero-order chi connectivity index (χ0) is 15.0. The number of thiol groups is 1. The van der Waals surface area contributed by atoms with Gasteiger partial charge in [0.2, 0.25) is 5.91 Å². The monoisotopic (exact) mass is 302 g/mol. The van der Waals surface area contributed by atoms with Crippen LogP contribution in [0.1, 0.15) is 10.4 Å². The summed E-state index contributed by atoms with van der Waals surface area (Å²) in [7, 11) is 0. The number of amides is 2. The molecule has 0 aliphatic carbocycles. The van der Waals surface area contributed by atoms with E-state index in [4.69, 9.17) is 0 Å². The zero-order valence-electron chi connectivity index (χ0n) is 10.8. The topological polar surface area (TPSA) is 49.4 Å². The van der Waals surface area contributed by atoms with Crippen molar-refractivity contribution >= 4 is 35.8 Å². The molecule has 106 valence electrons. The van der Waals surface area contributed by atoms with Crippen molar-refractivity contribution in [1.82, 2.24) is 0 Å². The Kier molecular flexibility index (Phi) is 3.39. The average Bonchev–Trinajstić information content (AvgIpc) is 2.48. The first-order valence-corrected chi connectivity index (χ1v) is 6.70. The van der Waals surface area contributed by atoms with Gasteiger partial charge in [-0.05, 0) is 30.3 Å². The molecule has 0 bridgehead atoms. The standard InChI is InChI=1S/C15H11FN2O2S/c16-10-6-5-9(7-13(10)21)15(20)18-8-14(19)17-11-3-1-2-4-12(11)18/h1-7,21H,8H2,(H,17,19). The predicted molar refractivity (Wildman–Crippen MR) is 80.4 cm³/mol. The Morgan fingerprint density at radius 2 is 2.00 bits per heavy atom. The first kappa shape index (κ1) is 13.6. The highest BCUT2D eigenvalue weighted by atomic mass is 32.1. The highest BCUT2D eigenvalue weighted by molar-refractivity contribution is 7.80. The Hall–Kier alpha value is -2.34. The van der Waals surface area contributed by atoms with E-state index in [2.05, 4.69) is 17.9 Å². The molecule has 2 aromatic rings. The summed E-state index contributed by atoms with van der Waals surface area (Å²) in [6.45, 7) is -0.0743. The lowest BCUT2D eigenvalue weighted by molar-refractivity contribution is -0.115. The molecule has 0 saturated carbocycles. The van der Waals surface area contributed by atoms with Crippen molar-refractivity contribution in [1.29, 1.82) is 0 Å². The van der Waals surface area contributed by atoms with Crippen molar-refractivity contribution in [3.8, 4) is 0 Å². The van der Waals surface area contributed by atoms with Crippen LogP contribution in [-0.2, 0) is 4.79 Å². The number of anilines is 2. The molecule has 1 N–H and O–H groups in total. The van der Waals surface area contributed by atoms with Crippen molar-refractivity contribution in [2.24, 2.45) is 0 Å². The minimum atomic E-state index is -0.494. The molecule has 0 atom stereocenters. The molecule has 1 aliphatic rings. The van der Waals surface area contributed by atoms with Crippen molar-refractivity contribution in [3.05, 3.63) is 53.8 Å². The van der Waals surface area contributed by atoms with Gasteiger partial charge in [0.1, 0.15) is 12.4 Å². The lowest BCUT2D eigenvalue weighted by Gasteiger charge is -2.29. The lowest BCUT2D eigenvalue weighted by Crippen LogP contribution is -2.42. The fourth-order valence-corrected chi connectivity index (χ4v) is 2.43. The van der Waals surface area contributed by atoms with Crippen LogP contribution in [0.25, 0.3) is 0 Å². The second-order valence-electron chi connectivity index (χ2n) is 4.62. The second-order valence-corrected chi connectivity index (χ2v) is 5.10. The SMILES string of the molecule is O=C1CN(C(=O)c2ccc(F)c(S)c2)c2ccccc2N1. The molecule has 0 unspecified atom stereocenters. The Balaban J connectivity index is 2.01. The number of benzene rings is 2. The maximum atomic E-state index is 13.2. The number of carbonyl (C=O) groups is 2. The molecule has 0 fully saturated rings. The third-order valence-electron chi connectivity index (χ3n) is 3.21. The van der Waals surface area contributed by atoms with E-state index in [9.17, 15) is 14.0 Å². The maximum absolute atomic E-state index is 13.2. The number of para-hydroxylation sites is 2. The van der Waals surface area contributed by atoms with E-state index in [-0.39, 0.29) is 28.8 Å². The van der Waals surface area contributed by atoms with Gasteiger partial charge in [0.25, 0.3) is 5.91 Å². The largest absolute Gasteiger partial charge is 0.323 e. The number of carbonyl (C=O) groups excluding carboxylic acids is 2. The fraction of sp³-hybridized carbons (Fsp3) is 0.0667. The van der Waals surface area contributed by atoms with Gasteiger partial charge in [0, 0.05) is 10.5 Å². The molecule has 6 heteroatoms. The molecular formula is C15H11FN2O2S. The van der Waals surface area contributed by atoms with Crippen molar-refractivity contribution < 1.29 is 14.0 Å². The highest BCUT2D eigenvalue weighted by Crippen LogP contribution is 2.30. The Morgan fingerprint density at radius 3 is 2.76 bits per heavy atom. The van der Waals surface area contributed by atoms with E-state index in [1.165, 1.54) is 23.1 Å². The number of rotatable bonds is 1. The summed E-state index contributed by atoms with van der Waals surface area (Å²) in [5, 5.41) is 2.71. The van der Waals surface area contributed by atoms with Crippen LogP contribution in [0.2, 0.25) is 0 Å². The summed E-state index contributed by atoms with van der Waals surface area (Å²) in [6.07, 6.45) is 0. The minimum Gasteiger partial charge on any atom is -0.323 e. The maximum Gasteiger partial charge on any atom is 0.258 e. The van der Waals surface area contributed by atoms with E-state index in [0.717, 1.165) is 0 Å². The normalized spacial score (nSPS) is 13.6. The van der Waals surface area contributed by atoms with Gasteiger partial charge in [0.15, 0.2) is 0 Å². The summed E-state index contributed by atoms with van der Waals surface area (Å²) in [5.74, 6) is -1.13. The molecule has 0 spiro atoms. The first-order chi connectivity index (χ1) is 10.1. The molecule has 1 heterocycles. The smallest absolute Gasteiger partial charge is 0.258 e. The van der Waals surface area contributed by atoms with Gasteiger partial charge in [-0.15, -0.1) is 12.6 Å². The number of nitrogens with zero attached hydrogens (tertiary/aromatic N) is 1. The van der Waals surface area contributed by atoms with Crippen LogP contribution < -0.4 is 10.2 Å². The quantitative estimate of drug-likeness (QED) is 0.796. The molecule has 0 saturated heterocycles. The molecule has 0 radical (unpaired) electrons. The van der Waals surface area contributed by atoms with Crippen LogP contribution in [0, 0.1) is 5.82 Å². The number of hydrogen-bond donors (Lipinski definition) is 2. The van der Waals surface area contributed by atoms with Crippen LogP contribution >= 0.6 is 12.6 Å². The van der Waals surface area contributed by atoms with Crippen LogP contribution in [0.3, 0.4) is 0 Å². The fourth-order valence-electron chi connectivity index (χ4n) is 2.22. The third kappa shape index (κ3) is 2.50. The van der Waals surface area contributed by atoms with Crippen LogP contribution in [0.5, 0.6) is 0 Å². The second kappa shape index (κ2) is 5.21. The summed E-state index contributed by atoms with van der Waals surface area (Å²) >= 11 is 3.97. The lowest BCUT2D eigenvalue weighted by atomic mass is 10.1. The average molecular weight is 302 g/mol. The number of hydrogen-bond acceptors (Lipinski definition) is 3. The summed E-state index contributed by atoms with van der Waals surface area (Å²) in [4.78, 5) is 25.7. The van der Waals surface area contributed by atoms with Crippen LogP contribution in [0.15, 0.2) is 47.4 Å². The van der Waals surface area contributed by atoms with Crippen molar-refractivity contribution in [2.75, 3.05) is 16.8 Å². The summed E-state index contributed by atoms with van der Waals surface area (Å²) in [5.41, 5.74) is 1.48. The number of halogens is 1. The van der Waals surface area contributed by atoms with Crippen molar-refractivity contribution in [2.45, 2.75) is 4.90 Å². The Morgan fingerprint density at radius 1 is 1.24 bits per heavy atom. The summed E-state index contributed by atoms with van der Waals surface area (Å²) < 4.78 is 13.2. The van der Waals surface area contributed by atoms with Gasteiger partial charge < -0.3 is 5.32 Å². The number of fused-ring (bicyclic) bond motifs is 1. The van der Waals surface area contributed by atoms with E-state index in [1.54, 1.807) is 24.3 Å². The Bertz CT molecular complexity index is 748. The van der Waals surface area contributed by atoms with E-state index < -0.39 is 5.82 Å². The Labute approximate surface area is 126 Å². The van der Waals surface area contributed by atoms with Gasteiger partial charge >= 0.3 is 0 Å². The summed E-state index contributed by atoms with van der Waals surface area (Å²) in [6, 6.07) is 11.0. The molecule has 0 aromatic heterocycles. The molecule has 21 heavy (non-hydrogen) atoms. The minimum absolute atomic E-state index is 0.0743. The zero-order valence-corrected chi connectivity index (χ0v) is 11.7. The van der Waals surface area contributed by atoms with Gasteiger partial charge in [-0.3, -0.25) is 14.5 Å². The molecule has 2 aromatic carbocycles. The number of nitrogens with one attached hydrogen (secondary N) is 1. The molecular weight excluding hydrogens is 291 g/mol. The molecule has 4 nitrogen and oxygen atoms in total. The van der Waals surface area contributed by atoms with Gasteiger partial charge in [-0.25, -0.2) is 4.39 Å². The molecule has 2 amide bonds. The predicted octanol–water partition coefficient (Wildman–Crippen LogP) is 2.71. The van der Waals surface area contributed by atoms with Gasteiger partial charge in [-0.1, -0.05) is 12.1 Å². The molecule has 1 aliphatic heterocycles. The highest BCUT2D eigenvalue weighted by Gasteiger charge is 2.27. The van der Waals surface area contributed by atoms with Gasteiger partial charge in [0.05, 0.1) is 11.4 Å². The van der Waals surface area contributed by atoms with Crippen LogP contribution in [-0.4, -0.2) is 18.4 Å². The first-order valence-electron chi connectivity index (χ1n) is 6.25. The van der Waals surface area contributed by atoms with E-state index in [1.807, 2.05) is 0 Å². The van der Waals surface area contributed by atoms with Crippen LogP contribution in [0.4, 0.5) is 15.8 Å². The van der Waals surface area contributed by atoms with Gasteiger partial charge in [-0.2, -0.15) is 0 Å². The van der Waals surface area contributed by atoms with E-state index >= 15 is 0 Å². The van der Waals surface area contributed by atoms with E-state index in [0.29, 0.717) is 11.4 Å². The third-order valence-corrected chi connectivity index (χ3v) is 3.55. The molecule has 3 rings (SSSR count).